The molecule has 1 aromatic heterocycles. The lowest BCUT2D eigenvalue weighted by Gasteiger charge is -2.34. The molecule has 1 aliphatic rings. The Labute approximate surface area is 150 Å². The summed E-state index contributed by atoms with van der Waals surface area (Å²) in [6, 6.07) is 9.66. The second-order valence-electron chi connectivity index (χ2n) is 6.13. The lowest BCUT2D eigenvalue weighted by atomic mass is 10.2. The van der Waals surface area contributed by atoms with Gasteiger partial charge in [-0.05, 0) is 59.7 Å². The van der Waals surface area contributed by atoms with Gasteiger partial charge in [0.15, 0.2) is 0 Å². The molecule has 0 aliphatic carbocycles. The van der Waals surface area contributed by atoms with Gasteiger partial charge in [0, 0.05) is 42.5 Å². The number of carbonyl (C=O) groups is 1. The van der Waals surface area contributed by atoms with Gasteiger partial charge in [0.1, 0.15) is 5.69 Å². The Hall–Kier alpha value is -1.92. The standard InChI is InChI=1S/C18H21BrN4O/c1-13-3-4-16(15(19)11-13)21-18(24)17-12-14(5-6-20-17)23-9-7-22(2)8-10-23/h3-6,11-12H,7-10H2,1-2H3,(H,21,24). The van der Waals surface area contributed by atoms with Crippen LogP contribution in [-0.4, -0.2) is 49.0 Å². The fraction of sp³-hybridized carbons (Fsp3) is 0.333. The fourth-order valence-corrected chi connectivity index (χ4v) is 3.31. The molecule has 2 heterocycles. The Balaban J connectivity index is 1.74. The Morgan fingerprint density at radius 2 is 1.92 bits per heavy atom. The summed E-state index contributed by atoms with van der Waals surface area (Å²) in [6.45, 7) is 5.99. The van der Waals surface area contributed by atoms with Gasteiger partial charge in [0.2, 0.25) is 0 Å². The van der Waals surface area contributed by atoms with Crippen molar-refractivity contribution < 1.29 is 4.79 Å². The summed E-state index contributed by atoms with van der Waals surface area (Å²) in [4.78, 5) is 21.3. The number of likely N-dealkylation sites (N-methyl/N-ethyl adjacent to an activating group) is 1. The van der Waals surface area contributed by atoms with Crippen molar-refractivity contribution in [1.82, 2.24) is 9.88 Å². The molecule has 0 saturated carbocycles. The van der Waals surface area contributed by atoms with Gasteiger partial charge >= 0.3 is 0 Å². The number of anilines is 2. The topological polar surface area (TPSA) is 48.5 Å². The van der Waals surface area contributed by atoms with Gasteiger partial charge in [0.25, 0.3) is 5.91 Å². The second-order valence-corrected chi connectivity index (χ2v) is 6.98. The van der Waals surface area contributed by atoms with Crippen molar-refractivity contribution in [3.63, 3.8) is 0 Å². The van der Waals surface area contributed by atoms with Gasteiger partial charge < -0.3 is 15.1 Å². The minimum atomic E-state index is -0.199. The lowest BCUT2D eigenvalue weighted by molar-refractivity contribution is 0.102. The van der Waals surface area contributed by atoms with E-state index in [1.807, 2.05) is 37.3 Å². The highest BCUT2D eigenvalue weighted by Gasteiger charge is 2.16. The highest BCUT2D eigenvalue weighted by molar-refractivity contribution is 9.10. The number of halogens is 1. The highest BCUT2D eigenvalue weighted by atomic mass is 79.9. The van der Waals surface area contributed by atoms with Crippen molar-refractivity contribution in [3.8, 4) is 0 Å². The molecule has 126 valence electrons. The van der Waals surface area contributed by atoms with Crippen LogP contribution < -0.4 is 10.2 Å². The van der Waals surface area contributed by atoms with Crippen LogP contribution in [0.3, 0.4) is 0 Å². The van der Waals surface area contributed by atoms with Crippen LogP contribution in [-0.2, 0) is 0 Å². The van der Waals surface area contributed by atoms with E-state index in [9.17, 15) is 4.79 Å². The molecule has 0 spiro atoms. The van der Waals surface area contributed by atoms with Gasteiger partial charge in [-0.3, -0.25) is 9.78 Å². The monoisotopic (exact) mass is 388 g/mol. The van der Waals surface area contributed by atoms with E-state index in [0.29, 0.717) is 5.69 Å². The summed E-state index contributed by atoms with van der Waals surface area (Å²) in [6.07, 6.45) is 1.70. The Kier molecular flexibility index (Phi) is 5.16. The number of rotatable bonds is 3. The molecule has 1 saturated heterocycles. The van der Waals surface area contributed by atoms with E-state index >= 15 is 0 Å². The SMILES string of the molecule is Cc1ccc(NC(=O)c2cc(N3CCN(C)CC3)ccn2)c(Br)c1. The van der Waals surface area contributed by atoms with E-state index in [4.69, 9.17) is 0 Å². The molecule has 0 radical (unpaired) electrons. The van der Waals surface area contributed by atoms with Crippen LogP contribution in [0.1, 0.15) is 16.1 Å². The number of hydrogen-bond acceptors (Lipinski definition) is 4. The number of aromatic nitrogens is 1. The maximum Gasteiger partial charge on any atom is 0.274 e. The number of amides is 1. The summed E-state index contributed by atoms with van der Waals surface area (Å²) in [5.41, 5.74) is 3.36. The minimum Gasteiger partial charge on any atom is -0.369 e. The number of nitrogens with one attached hydrogen (secondary N) is 1. The number of hydrogen-bond donors (Lipinski definition) is 1. The predicted molar refractivity (Wildman–Crippen MR) is 101 cm³/mol. The largest absolute Gasteiger partial charge is 0.369 e. The highest BCUT2D eigenvalue weighted by Crippen LogP contribution is 2.24. The van der Waals surface area contributed by atoms with Crippen LogP contribution in [0.5, 0.6) is 0 Å². The summed E-state index contributed by atoms with van der Waals surface area (Å²) >= 11 is 3.48. The molecule has 24 heavy (non-hydrogen) atoms. The molecule has 0 atom stereocenters. The first kappa shape index (κ1) is 16.9. The average Bonchev–Trinajstić information content (AvgIpc) is 2.58. The third-order valence-corrected chi connectivity index (χ3v) is 4.87. The smallest absolute Gasteiger partial charge is 0.274 e. The van der Waals surface area contributed by atoms with Crippen LogP contribution in [0, 0.1) is 6.92 Å². The first-order valence-electron chi connectivity index (χ1n) is 8.00. The predicted octanol–water partition coefficient (Wildman–Crippen LogP) is 3.16. The zero-order chi connectivity index (χ0) is 17.1. The van der Waals surface area contributed by atoms with Crippen LogP contribution in [0.2, 0.25) is 0 Å². The van der Waals surface area contributed by atoms with Crippen LogP contribution >= 0.6 is 15.9 Å². The van der Waals surface area contributed by atoms with Crippen molar-refractivity contribution >= 4 is 33.2 Å². The maximum atomic E-state index is 12.5. The lowest BCUT2D eigenvalue weighted by Crippen LogP contribution is -2.44. The molecule has 0 unspecified atom stereocenters. The van der Waals surface area contributed by atoms with Crippen LogP contribution in [0.25, 0.3) is 0 Å². The Bertz CT molecular complexity index is 742. The van der Waals surface area contributed by atoms with Crippen molar-refractivity contribution in [1.29, 1.82) is 0 Å². The third-order valence-electron chi connectivity index (χ3n) is 4.22. The Morgan fingerprint density at radius 3 is 2.62 bits per heavy atom. The number of aryl methyl sites for hydroxylation is 1. The van der Waals surface area contributed by atoms with Crippen molar-refractivity contribution in [3.05, 3.63) is 52.3 Å². The summed E-state index contributed by atoms with van der Waals surface area (Å²) < 4.78 is 0.867. The first-order chi connectivity index (χ1) is 11.5. The number of carbonyl (C=O) groups excluding carboxylic acids is 1. The van der Waals surface area contributed by atoms with Crippen molar-refractivity contribution in [2.45, 2.75) is 6.92 Å². The van der Waals surface area contributed by atoms with Gasteiger partial charge in [-0.1, -0.05) is 6.07 Å². The molecule has 3 rings (SSSR count). The van der Waals surface area contributed by atoms with Gasteiger partial charge in [-0.25, -0.2) is 0 Å². The molecular formula is C18H21BrN4O. The summed E-state index contributed by atoms with van der Waals surface area (Å²) in [5.74, 6) is -0.199. The molecule has 1 N–H and O–H groups in total. The van der Waals surface area contributed by atoms with E-state index in [1.54, 1.807) is 6.20 Å². The van der Waals surface area contributed by atoms with E-state index in [-0.39, 0.29) is 5.91 Å². The Morgan fingerprint density at radius 1 is 1.17 bits per heavy atom. The molecule has 0 bridgehead atoms. The molecule has 1 fully saturated rings. The summed E-state index contributed by atoms with van der Waals surface area (Å²) in [7, 11) is 2.13. The minimum absolute atomic E-state index is 0.199. The average molecular weight is 389 g/mol. The van der Waals surface area contributed by atoms with Gasteiger partial charge in [0.05, 0.1) is 5.69 Å². The van der Waals surface area contributed by atoms with Crippen LogP contribution in [0.15, 0.2) is 41.0 Å². The quantitative estimate of drug-likeness (QED) is 0.876. The molecule has 1 aromatic carbocycles. The molecule has 2 aromatic rings. The third kappa shape index (κ3) is 3.94. The van der Waals surface area contributed by atoms with Crippen molar-refractivity contribution in [2.24, 2.45) is 0 Å². The van der Waals surface area contributed by atoms with E-state index in [2.05, 4.69) is 43.1 Å². The van der Waals surface area contributed by atoms with Gasteiger partial charge in [-0.15, -0.1) is 0 Å². The number of benzene rings is 1. The number of pyridine rings is 1. The van der Waals surface area contributed by atoms with E-state index in [0.717, 1.165) is 47.6 Å². The molecule has 1 aliphatic heterocycles. The van der Waals surface area contributed by atoms with Crippen molar-refractivity contribution in [2.75, 3.05) is 43.4 Å². The first-order valence-corrected chi connectivity index (χ1v) is 8.79. The summed E-state index contributed by atoms with van der Waals surface area (Å²) in [5, 5.41) is 2.92. The normalized spacial score (nSPS) is 15.4. The number of nitrogens with zero attached hydrogens (tertiary/aromatic N) is 3. The molecule has 6 heteroatoms. The zero-order valence-corrected chi connectivity index (χ0v) is 15.5. The second kappa shape index (κ2) is 7.32. The maximum absolute atomic E-state index is 12.5. The van der Waals surface area contributed by atoms with E-state index in [1.165, 1.54) is 0 Å². The molecule has 1 amide bonds. The van der Waals surface area contributed by atoms with E-state index < -0.39 is 0 Å². The number of piperazine rings is 1. The van der Waals surface area contributed by atoms with Crippen LogP contribution in [0.4, 0.5) is 11.4 Å². The molecular weight excluding hydrogens is 368 g/mol. The zero-order valence-electron chi connectivity index (χ0n) is 13.9. The van der Waals surface area contributed by atoms with Gasteiger partial charge in [-0.2, -0.15) is 0 Å². The molecule has 5 nitrogen and oxygen atoms in total. The fourth-order valence-electron chi connectivity index (χ4n) is 2.71.